The summed E-state index contributed by atoms with van der Waals surface area (Å²) in [6, 6.07) is 0. The number of Topliss-reactive ketones (excluding diaryl/α,β-unsaturated/α-hetero) is 1. The number of carbonyl (C=O) groups is 1. The molecule has 0 radical (unpaired) electrons. The Morgan fingerprint density at radius 2 is 2.11 bits per heavy atom. The zero-order chi connectivity index (χ0) is 13.7. The fourth-order valence-corrected chi connectivity index (χ4v) is 2.93. The maximum Gasteiger partial charge on any atom is 0.197 e. The second-order valence-corrected chi connectivity index (χ2v) is 5.31. The molecule has 0 amide bonds. The molecule has 1 aliphatic rings. The summed E-state index contributed by atoms with van der Waals surface area (Å²) >= 11 is 0. The Kier molecular flexibility index (Phi) is 4.75. The number of ether oxygens (including phenoxy) is 1. The molecule has 4 heteroatoms. The third-order valence-corrected chi connectivity index (χ3v) is 3.84. The molecular formula is C15H24N2O2. The summed E-state index contributed by atoms with van der Waals surface area (Å²) in [6.07, 6.45) is 9.62. The van der Waals surface area contributed by atoms with Crippen LogP contribution in [-0.4, -0.2) is 27.8 Å². The van der Waals surface area contributed by atoms with Crippen molar-refractivity contribution in [3.8, 4) is 0 Å². The van der Waals surface area contributed by atoms with Crippen LogP contribution in [0.15, 0.2) is 12.4 Å². The van der Waals surface area contributed by atoms with E-state index in [2.05, 4.69) is 12.0 Å². The van der Waals surface area contributed by atoms with E-state index in [0.29, 0.717) is 12.2 Å². The summed E-state index contributed by atoms with van der Waals surface area (Å²) in [5.41, 5.74) is 0.108. The van der Waals surface area contributed by atoms with Crippen molar-refractivity contribution in [2.24, 2.45) is 0 Å². The Balaban J connectivity index is 2.17. The van der Waals surface area contributed by atoms with Gasteiger partial charge in [-0.1, -0.05) is 26.2 Å². The Labute approximate surface area is 115 Å². The summed E-state index contributed by atoms with van der Waals surface area (Å²) in [5.74, 6) is 0.122. The van der Waals surface area contributed by atoms with Crippen LogP contribution in [0.2, 0.25) is 0 Å². The predicted octanol–water partition coefficient (Wildman–Crippen LogP) is 3.22. The summed E-state index contributed by atoms with van der Waals surface area (Å²) in [7, 11) is 0. The first-order valence-corrected chi connectivity index (χ1v) is 7.43. The molecule has 2 rings (SSSR count). The van der Waals surface area contributed by atoms with Crippen LogP contribution in [0.5, 0.6) is 0 Å². The number of carbonyl (C=O) groups excluding carboxylic acids is 1. The van der Waals surface area contributed by atoms with Gasteiger partial charge in [0.1, 0.15) is 5.60 Å². The van der Waals surface area contributed by atoms with Gasteiger partial charge in [-0.2, -0.15) is 5.10 Å². The lowest BCUT2D eigenvalue weighted by Gasteiger charge is -2.35. The van der Waals surface area contributed by atoms with Crippen LogP contribution < -0.4 is 0 Å². The monoisotopic (exact) mass is 264 g/mol. The van der Waals surface area contributed by atoms with Crippen LogP contribution in [0.3, 0.4) is 0 Å². The Morgan fingerprint density at radius 3 is 2.74 bits per heavy atom. The maximum absolute atomic E-state index is 12.8. The van der Waals surface area contributed by atoms with Crippen molar-refractivity contribution in [2.75, 3.05) is 6.61 Å². The average Bonchev–Trinajstić information content (AvgIpc) is 2.88. The molecule has 0 spiro atoms. The molecule has 1 aliphatic carbocycles. The highest BCUT2D eigenvalue weighted by Gasteiger charge is 2.41. The van der Waals surface area contributed by atoms with E-state index >= 15 is 0 Å². The molecule has 1 aromatic rings. The standard InChI is InChI=1S/C15H24N2O2/c1-3-10-17-12-13(11-16-17)14(18)15(19-4-2)8-6-5-7-9-15/h11-12H,3-10H2,1-2H3. The Morgan fingerprint density at radius 1 is 1.37 bits per heavy atom. The summed E-state index contributed by atoms with van der Waals surface area (Å²) in [5, 5.41) is 4.25. The second-order valence-electron chi connectivity index (χ2n) is 5.31. The number of nitrogens with zero attached hydrogens (tertiary/aromatic N) is 2. The molecule has 1 fully saturated rings. The topological polar surface area (TPSA) is 44.1 Å². The Hall–Kier alpha value is -1.16. The third kappa shape index (κ3) is 3.06. The van der Waals surface area contributed by atoms with E-state index in [4.69, 9.17) is 4.74 Å². The number of ketones is 1. The highest BCUT2D eigenvalue weighted by atomic mass is 16.5. The van der Waals surface area contributed by atoms with Gasteiger partial charge in [0.15, 0.2) is 5.78 Å². The fraction of sp³-hybridized carbons (Fsp3) is 0.733. The van der Waals surface area contributed by atoms with Crippen molar-refractivity contribution in [2.45, 2.75) is 64.5 Å². The summed E-state index contributed by atoms with van der Waals surface area (Å²) < 4.78 is 7.71. The van der Waals surface area contributed by atoms with Crippen molar-refractivity contribution in [3.05, 3.63) is 18.0 Å². The van der Waals surface area contributed by atoms with E-state index in [1.165, 1.54) is 6.42 Å². The maximum atomic E-state index is 12.8. The van der Waals surface area contributed by atoms with Crippen LogP contribution >= 0.6 is 0 Å². The van der Waals surface area contributed by atoms with Crippen molar-refractivity contribution < 1.29 is 9.53 Å². The summed E-state index contributed by atoms with van der Waals surface area (Å²) in [6.45, 7) is 5.51. The number of hydrogen-bond acceptors (Lipinski definition) is 3. The van der Waals surface area contributed by atoms with Crippen LogP contribution in [0.25, 0.3) is 0 Å². The lowest BCUT2D eigenvalue weighted by molar-refractivity contribution is -0.0411. The quantitative estimate of drug-likeness (QED) is 0.741. The van der Waals surface area contributed by atoms with Gasteiger partial charge in [0.2, 0.25) is 0 Å². The van der Waals surface area contributed by atoms with E-state index in [9.17, 15) is 4.79 Å². The molecule has 0 aliphatic heterocycles. The molecule has 0 atom stereocenters. The predicted molar refractivity (Wildman–Crippen MR) is 74.3 cm³/mol. The molecule has 0 bridgehead atoms. The summed E-state index contributed by atoms with van der Waals surface area (Å²) in [4.78, 5) is 12.8. The number of aromatic nitrogens is 2. The van der Waals surface area contributed by atoms with Gasteiger partial charge in [-0.05, 0) is 26.2 Å². The van der Waals surface area contributed by atoms with Crippen molar-refractivity contribution in [1.82, 2.24) is 9.78 Å². The lowest BCUT2D eigenvalue weighted by atomic mass is 9.80. The molecule has 106 valence electrons. The van der Waals surface area contributed by atoms with E-state index in [0.717, 1.165) is 38.6 Å². The first kappa shape index (κ1) is 14.3. The first-order chi connectivity index (χ1) is 9.22. The van der Waals surface area contributed by atoms with E-state index in [-0.39, 0.29) is 5.78 Å². The molecule has 0 N–H and O–H groups in total. The molecule has 0 saturated heterocycles. The minimum absolute atomic E-state index is 0.122. The van der Waals surface area contributed by atoms with Gasteiger partial charge in [-0.25, -0.2) is 0 Å². The molecule has 1 heterocycles. The van der Waals surface area contributed by atoms with E-state index in [1.54, 1.807) is 6.20 Å². The Bertz CT molecular complexity index is 414. The number of hydrogen-bond donors (Lipinski definition) is 0. The minimum Gasteiger partial charge on any atom is -0.367 e. The molecule has 0 unspecified atom stereocenters. The van der Waals surface area contributed by atoms with Gasteiger partial charge in [0, 0.05) is 19.3 Å². The van der Waals surface area contributed by atoms with Crippen LogP contribution in [0.1, 0.15) is 62.7 Å². The second kappa shape index (κ2) is 6.33. The van der Waals surface area contributed by atoms with Gasteiger partial charge in [0.05, 0.1) is 11.8 Å². The lowest BCUT2D eigenvalue weighted by Crippen LogP contribution is -2.43. The van der Waals surface area contributed by atoms with Crippen LogP contribution in [-0.2, 0) is 11.3 Å². The minimum atomic E-state index is -0.590. The van der Waals surface area contributed by atoms with Crippen molar-refractivity contribution in [3.63, 3.8) is 0 Å². The molecule has 0 aromatic carbocycles. The zero-order valence-electron chi connectivity index (χ0n) is 12.0. The molecule has 19 heavy (non-hydrogen) atoms. The van der Waals surface area contributed by atoms with E-state index in [1.807, 2.05) is 17.8 Å². The van der Waals surface area contributed by atoms with Gasteiger partial charge in [-0.3, -0.25) is 9.48 Å². The normalized spacial score (nSPS) is 18.4. The van der Waals surface area contributed by atoms with Crippen LogP contribution in [0.4, 0.5) is 0 Å². The fourth-order valence-electron chi connectivity index (χ4n) is 2.93. The highest BCUT2D eigenvalue weighted by Crippen LogP contribution is 2.34. The highest BCUT2D eigenvalue weighted by molar-refractivity contribution is 6.02. The molecular weight excluding hydrogens is 240 g/mol. The third-order valence-electron chi connectivity index (χ3n) is 3.84. The van der Waals surface area contributed by atoms with Gasteiger partial charge in [0.25, 0.3) is 0 Å². The van der Waals surface area contributed by atoms with E-state index < -0.39 is 5.60 Å². The number of aryl methyl sites for hydroxylation is 1. The smallest absolute Gasteiger partial charge is 0.197 e. The van der Waals surface area contributed by atoms with Gasteiger partial charge < -0.3 is 4.74 Å². The van der Waals surface area contributed by atoms with Crippen LogP contribution in [0, 0.1) is 0 Å². The van der Waals surface area contributed by atoms with Crippen molar-refractivity contribution in [1.29, 1.82) is 0 Å². The largest absolute Gasteiger partial charge is 0.367 e. The van der Waals surface area contributed by atoms with Gasteiger partial charge >= 0.3 is 0 Å². The van der Waals surface area contributed by atoms with Gasteiger partial charge in [-0.15, -0.1) is 0 Å². The first-order valence-electron chi connectivity index (χ1n) is 7.43. The molecule has 4 nitrogen and oxygen atoms in total. The SMILES string of the molecule is CCCn1cc(C(=O)C2(OCC)CCCCC2)cn1. The number of rotatable bonds is 6. The molecule has 1 aromatic heterocycles. The average molecular weight is 264 g/mol. The van der Waals surface area contributed by atoms with Crippen molar-refractivity contribution >= 4 is 5.78 Å². The molecule has 1 saturated carbocycles. The zero-order valence-corrected chi connectivity index (χ0v) is 12.0.